The third kappa shape index (κ3) is 3.94. The van der Waals surface area contributed by atoms with Crippen molar-refractivity contribution in [2.45, 2.75) is 59.4 Å². The minimum Gasteiger partial charge on any atom is -0.478 e. The van der Waals surface area contributed by atoms with E-state index in [1.807, 2.05) is 0 Å². The Morgan fingerprint density at radius 2 is 1.73 bits per heavy atom. The summed E-state index contributed by atoms with van der Waals surface area (Å²) in [5.41, 5.74) is 4.30. The van der Waals surface area contributed by atoms with Gasteiger partial charge in [-0.15, -0.1) is 0 Å². The number of aliphatic imine (C=N–C) groups is 1. The Balaban J connectivity index is 1.82. The van der Waals surface area contributed by atoms with Gasteiger partial charge < -0.3 is 4.74 Å². The summed E-state index contributed by atoms with van der Waals surface area (Å²) < 4.78 is 8.15. The number of anilines is 1. The van der Waals surface area contributed by atoms with Crippen LogP contribution in [0.2, 0.25) is 0 Å². The van der Waals surface area contributed by atoms with E-state index in [2.05, 4.69) is 75.6 Å². The summed E-state index contributed by atoms with van der Waals surface area (Å²) in [5, 5.41) is 0. The van der Waals surface area contributed by atoms with Gasteiger partial charge in [0.05, 0.1) is 0 Å². The molecule has 0 saturated carbocycles. The molecule has 0 bridgehead atoms. The Bertz CT molecular complexity index is 677. The first-order valence-electron chi connectivity index (χ1n) is 10.1. The average molecular weight is 357 g/mol. The molecular formula is C22H34N3O+. The minimum atomic E-state index is 0.258. The predicted molar refractivity (Wildman–Crippen MR) is 110 cm³/mol. The van der Waals surface area contributed by atoms with E-state index in [0.29, 0.717) is 17.8 Å². The molecule has 2 aliphatic rings. The molecule has 0 saturated heterocycles. The van der Waals surface area contributed by atoms with Gasteiger partial charge in [0.2, 0.25) is 6.34 Å². The second kappa shape index (κ2) is 7.81. The van der Waals surface area contributed by atoms with E-state index in [1.54, 1.807) is 0 Å². The fourth-order valence-electron chi connectivity index (χ4n) is 3.82. The van der Waals surface area contributed by atoms with E-state index in [0.717, 1.165) is 32.1 Å². The standard InChI is InChI=1S/C22H34N3O/c1-15(2)19-8-7-9-20(16(3)4)21(19)25-11-10-24(14-25)12-18-13-26-22(23-18)17(5)6/h7-9,14-18H,10-13H2,1-6H3/q+1/t18-/m0/s1. The first-order chi connectivity index (χ1) is 12.4. The molecule has 3 rings (SSSR count). The van der Waals surface area contributed by atoms with Crippen LogP contribution >= 0.6 is 0 Å². The smallest absolute Gasteiger partial charge is 0.239 e. The molecule has 0 unspecified atom stereocenters. The summed E-state index contributed by atoms with van der Waals surface area (Å²) in [6.45, 7) is 17.2. The lowest BCUT2D eigenvalue weighted by Gasteiger charge is -2.20. The molecule has 1 aromatic rings. The van der Waals surface area contributed by atoms with Crippen molar-refractivity contribution in [3.8, 4) is 0 Å². The maximum absolute atomic E-state index is 5.75. The van der Waals surface area contributed by atoms with Crippen molar-refractivity contribution < 1.29 is 9.31 Å². The summed E-state index contributed by atoms with van der Waals surface area (Å²) in [5.74, 6) is 2.34. The number of ether oxygens (including phenoxy) is 1. The number of rotatable bonds is 6. The van der Waals surface area contributed by atoms with E-state index in [9.17, 15) is 0 Å². The fourth-order valence-corrected chi connectivity index (χ4v) is 3.82. The topological polar surface area (TPSA) is 27.8 Å². The van der Waals surface area contributed by atoms with Gasteiger partial charge in [-0.1, -0.05) is 59.7 Å². The van der Waals surface area contributed by atoms with E-state index >= 15 is 0 Å². The third-order valence-electron chi connectivity index (χ3n) is 5.23. The van der Waals surface area contributed by atoms with Crippen molar-refractivity contribution in [2.75, 3.05) is 31.1 Å². The number of hydrogen-bond acceptors (Lipinski definition) is 3. The van der Waals surface area contributed by atoms with Gasteiger partial charge in [-0.2, -0.15) is 0 Å². The highest BCUT2D eigenvalue weighted by atomic mass is 16.5. The monoisotopic (exact) mass is 356 g/mol. The van der Waals surface area contributed by atoms with Crippen molar-refractivity contribution in [1.29, 1.82) is 0 Å². The van der Waals surface area contributed by atoms with E-state index in [1.165, 1.54) is 16.8 Å². The van der Waals surface area contributed by atoms with Crippen LogP contribution in [0.3, 0.4) is 0 Å². The second-order valence-electron chi connectivity index (χ2n) is 8.49. The Morgan fingerprint density at radius 3 is 2.27 bits per heavy atom. The van der Waals surface area contributed by atoms with Crippen molar-refractivity contribution in [3.63, 3.8) is 0 Å². The number of hydrogen-bond donors (Lipinski definition) is 0. The molecule has 26 heavy (non-hydrogen) atoms. The van der Waals surface area contributed by atoms with Crippen LogP contribution in [-0.2, 0) is 4.74 Å². The van der Waals surface area contributed by atoms with Crippen molar-refractivity contribution >= 4 is 17.9 Å². The van der Waals surface area contributed by atoms with Gasteiger partial charge in [0.1, 0.15) is 38.0 Å². The molecule has 0 amide bonds. The molecule has 2 heterocycles. The first-order valence-corrected chi connectivity index (χ1v) is 10.1. The minimum absolute atomic E-state index is 0.258. The van der Waals surface area contributed by atoms with Gasteiger partial charge in [-0.05, 0) is 11.8 Å². The van der Waals surface area contributed by atoms with E-state index < -0.39 is 0 Å². The van der Waals surface area contributed by atoms with Crippen LogP contribution in [0, 0.1) is 5.92 Å². The Kier molecular flexibility index (Phi) is 5.69. The average Bonchev–Trinajstić information content (AvgIpc) is 3.24. The van der Waals surface area contributed by atoms with Gasteiger partial charge in [0, 0.05) is 17.0 Å². The molecule has 0 radical (unpaired) electrons. The van der Waals surface area contributed by atoms with Crippen molar-refractivity contribution in [3.05, 3.63) is 29.3 Å². The molecule has 0 aliphatic carbocycles. The summed E-state index contributed by atoms with van der Waals surface area (Å²) in [7, 11) is 0. The Hall–Kier alpha value is -1.84. The van der Waals surface area contributed by atoms with Crippen LogP contribution in [0.5, 0.6) is 0 Å². The zero-order valence-corrected chi connectivity index (χ0v) is 17.2. The van der Waals surface area contributed by atoms with Gasteiger partial charge in [0.25, 0.3) is 0 Å². The highest BCUT2D eigenvalue weighted by Crippen LogP contribution is 2.35. The molecule has 0 fully saturated rings. The molecule has 2 aliphatic heterocycles. The van der Waals surface area contributed by atoms with Crippen LogP contribution in [0.15, 0.2) is 23.2 Å². The summed E-state index contributed by atoms with van der Waals surface area (Å²) >= 11 is 0. The van der Waals surface area contributed by atoms with Gasteiger partial charge in [-0.25, -0.2) is 9.89 Å². The highest BCUT2D eigenvalue weighted by Gasteiger charge is 2.30. The molecule has 0 spiro atoms. The van der Waals surface area contributed by atoms with Crippen molar-refractivity contribution in [2.24, 2.45) is 10.9 Å². The largest absolute Gasteiger partial charge is 0.478 e. The van der Waals surface area contributed by atoms with Crippen LogP contribution in [-0.4, -0.2) is 49.1 Å². The molecular weight excluding hydrogens is 322 g/mol. The summed E-state index contributed by atoms with van der Waals surface area (Å²) in [6, 6.07) is 7.03. The quantitative estimate of drug-likeness (QED) is 0.713. The van der Waals surface area contributed by atoms with Crippen LogP contribution in [0.1, 0.15) is 64.5 Å². The lowest BCUT2D eigenvalue weighted by molar-refractivity contribution is -0.515. The maximum atomic E-state index is 5.75. The normalized spacial score (nSPS) is 20.2. The van der Waals surface area contributed by atoms with Crippen LogP contribution < -0.4 is 4.90 Å². The molecule has 1 atom stereocenters. The SMILES string of the molecule is CC(C)C1=N[C@@H](C[N+]2=CN(c3c(C(C)C)cccc3C(C)C)CC2)CO1. The van der Waals surface area contributed by atoms with Gasteiger partial charge in [-0.3, -0.25) is 4.58 Å². The molecule has 0 N–H and O–H groups in total. The second-order valence-corrected chi connectivity index (χ2v) is 8.49. The zero-order chi connectivity index (χ0) is 18.8. The number of para-hydroxylation sites is 1. The van der Waals surface area contributed by atoms with E-state index in [-0.39, 0.29) is 6.04 Å². The van der Waals surface area contributed by atoms with Crippen LogP contribution in [0.4, 0.5) is 5.69 Å². The van der Waals surface area contributed by atoms with Crippen molar-refractivity contribution in [1.82, 2.24) is 0 Å². The fraction of sp³-hybridized carbons (Fsp3) is 0.636. The number of nitrogens with zero attached hydrogens (tertiary/aromatic N) is 3. The first kappa shape index (κ1) is 18.9. The zero-order valence-electron chi connectivity index (χ0n) is 17.2. The van der Waals surface area contributed by atoms with Gasteiger partial charge in [0.15, 0.2) is 5.90 Å². The molecule has 4 heteroatoms. The predicted octanol–water partition coefficient (Wildman–Crippen LogP) is 4.25. The molecule has 0 aromatic heterocycles. The molecule has 4 nitrogen and oxygen atoms in total. The van der Waals surface area contributed by atoms with Gasteiger partial charge >= 0.3 is 0 Å². The molecule has 1 aromatic carbocycles. The summed E-state index contributed by atoms with van der Waals surface area (Å²) in [4.78, 5) is 7.21. The maximum Gasteiger partial charge on any atom is 0.239 e. The summed E-state index contributed by atoms with van der Waals surface area (Å²) in [6.07, 6.45) is 2.30. The lowest BCUT2D eigenvalue weighted by atomic mass is 9.92. The van der Waals surface area contributed by atoms with Crippen LogP contribution in [0.25, 0.3) is 0 Å². The highest BCUT2D eigenvalue weighted by molar-refractivity contribution is 5.82. The number of benzene rings is 1. The Morgan fingerprint density at radius 1 is 1.08 bits per heavy atom. The Labute approximate surface area is 158 Å². The third-order valence-corrected chi connectivity index (χ3v) is 5.23. The lowest BCUT2D eigenvalue weighted by Crippen LogP contribution is -2.24. The molecule has 142 valence electrons. The van der Waals surface area contributed by atoms with E-state index in [4.69, 9.17) is 9.73 Å².